The molecule has 32 heavy (non-hydrogen) atoms. The smallest absolute Gasteiger partial charge is 0.253 e. The van der Waals surface area contributed by atoms with E-state index in [1.54, 1.807) is 0 Å². The average Bonchev–Trinajstić information content (AvgIpc) is 3.17. The predicted molar refractivity (Wildman–Crippen MR) is 132 cm³/mol. The summed E-state index contributed by atoms with van der Waals surface area (Å²) in [4.78, 5) is 19.9. The average molecular weight is 450 g/mol. The number of carbonyl (C=O) groups is 1. The Hall–Kier alpha value is -2.30. The summed E-state index contributed by atoms with van der Waals surface area (Å²) in [5.74, 6) is 1.76. The van der Waals surface area contributed by atoms with Crippen LogP contribution in [0.25, 0.3) is 5.70 Å². The Morgan fingerprint density at radius 1 is 0.969 bits per heavy atom. The summed E-state index contributed by atoms with van der Waals surface area (Å²) in [7, 11) is 2.22. The Bertz CT molecular complexity index is 1020. The summed E-state index contributed by atoms with van der Waals surface area (Å²) in [6.07, 6.45) is 4.89. The van der Waals surface area contributed by atoms with Gasteiger partial charge in [0.2, 0.25) is 0 Å². The molecule has 0 aliphatic carbocycles. The summed E-state index contributed by atoms with van der Waals surface area (Å²) in [5, 5.41) is 0.731. The van der Waals surface area contributed by atoms with Crippen LogP contribution < -0.4 is 4.90 Å². The van der Waals surface area contributed by atoms with Gasteiger partial charge in [0, 0.05) is 42.1 Å². The van der Waals surface area contributed by atoms with Crippen molar-refractivity contribution in [1.82, 2.24) is 9.80 Å². The van der Waals surface area contributed by atoms with E-state index in [0.29, 0.717) is 0 Å². The van der Waals surface area contributed by atoms with Crippen LogP contribution in [0.1, 0.15) is 47.2 Å². The van der Waals surface area contributed by atoms with Gasteiger partial charge in [-0.05, 0) is 87.5 Å². The number of anilines is 1. The second-order valence-corrected chi connectivity index (χ2v) is 10.0. The minimum absolute atomic E-state index is 0.147. The topological polar surface area (TPSA) is 26.8 Å². The van der Waals surface area contributed by atoms with E-state index >= 15 is 0 Å². The molecule has 168 valence electrons. The van der Waals surface area contributed by atoms with Gasteiger partial charge in [-0.3, -0.25) is 4.79 Å². The predicted octanol–water partition coefficient (Wildman–Crippen LogP) is 5.52. The quantitative estimate of drug-likeness (QED) is 0.616. The van der Waals surface area contributed by atoms with Crippen molar-refractivity contribution in [3.63, 3.8) is 0 Å². The lowest BCUT2D eigenvalue weighted by Crippen LogP contribution is -2.42. The fourth-order valence-electron chi connectivity index (χ4n) is 5.73. The van der Waals surface area contributed by atoms with Crippen molar-refractivity contribution >= 4 is 28.9 Å². The standard InChI is InChI=1S/C27H32ClN3O/c1-19-26-23(6-4-8-25(26)28)18-31(19)24-7-3-5-22(17-24)27(32)30-15-11-21(12-16-30)20-9-13-29(2)14-10-20/h3-8,17,20-21H,1,9-16,18H2,2H3. The number of benzene rings is 2. The van der Waals surface area contributed by atoms with Crippen molar-refractivity contribution in [2.75, 3.05) is 38.1 Å². The molecule has 3 aliphatic rings. The molecule has 0 atom stereocenters. The lowest BCUT2D eigenvalue weighted by atomic mass is 9.79. The van der Waals surface area contributed by atoms with Crippen molar-refractivity contribution in [2.45, 2.75) is 32.2 Å². The van der Waals surface area contributed by atoms with Gasteiger partial charge < -0.3 is 14.7 Å². The molecule has 2 aromatic rings. The van der Waals surface area contributed by atoms with Crippen LogP contribution in [0.3, 0.4) is 0 Å². The van der Waals surface area contributed by atoms with Crippen LogP contribution in [0.2, 0.25) is 5.02 Å². The maximum atomic E-state index is 13.3. The molecule has 0 spiro atoms. The third-order valence-corrected chi connectivity index (χ3v) is 8.02. The Balaban J connectivity index is 1.25. The molecule has 0 radical (unpaired) electrons. The van der Waals surface area contributed by atoms with Gasteiger partial charge in [-0.25, -0.2) is 0 Å². The Labute approximate surface area is 196 Å². The molecule has 0 saturated carbocycles. The van der Waals surface area contributed by atoms with E-state index in [1.165, 1.54) is 31.5 Å². The first-order valence-electron chi connectivity index (χ1n) is 11.8. The number of likely N-dealkylation sites (tertiary alicyclic amines) is 2. The molecule has 4 nitrogen and oxygen atoms in total. The van der Waals surface area contributed by atoms with Gasteiger partial charge in [0.15, 0.2) is 0 Å². The van der Waals surface area contributed by atoms with Gasteiger partial charge in [-0.15, -0.1) is 0 Å². The highest BCUT2D eigenvalue weighted by Gasteiger charge is 2.31. The molecule has 3 aliphatic heterocycles. The Morgan fingerprint density at radius 3 is 2.31 bits per heavy atom. The largest absolute Gasteiger partial charge is 0.339 e. The van der Waals surface area contributed by atoms with Crippen LogP contribution in [0, 0.1) is 11.8 Å². The van der Waals surface area contributed by atoms with E-state index in [9.17, 15) is 4.79 Å². The number of nitrogens with zero attached hydrogens (tertiary/aromatic N) is 3. The zero-order valence-electron chi connectivity index (χ0n) is 18.9. The fraction of sp³-hybridized carbons (Fsp3) is 0.444. The van der Waals surface area contributed by atoms with Crippen LogP contribution in [0.15, 0.2) is 49.0 Å². The van der Waals surface area contributed by atoms with Crippen LogP contribution in [0.4, 0.5) is 5.69 Å². The van der Waals surface area contributed by atoms with Gasteiger partial charge in [0.05, 0.1) is 5.02 Å². The van der Waals surface area contributed by atoms with Crippen LogP contribution in [-0.4, -0.2) is 48.9 Å². The van der Waals surface area contributed by atoms with Crippen molar-refractivity contribution in [3.05, 3.63) is 70.8 Å². The van der Waals surface area contributed by atoms with E-state index in [2.05, 4.69) is 34.4 Å². The normalized spacial score (nSPS) is 20.6. The first kappa shape index (κ1) is 21.5. The van der Waals surface area contributed by atoms with Crippen molar-refractivity contribution in [2.24, 2.45) is 11.8 Å². The monoisotopic (exact) mass is 449 g/mol. The summed E-state index contributed by atoms with van der Waals surface area (Å²) < 4.78 is 0. The summed E-state index contributed by atoms with van der Waals surface area (Å²) >= 11 is 6.42. The molecule has 5 heteroatoms. The second kappa shape index (κ2) is 8.92. The zero-order chi connectivity index (χ0) is 22.2. The summed E-state index contributed by atoms with van der Waals surface area (Å²) in [5.41, 5.74) is 4.84. The van der Waals surface area contributed by atoms with Crippen LogP contribution >= 0.6 is 11.6 Å². The number of amides is 1. The molecule has 0 unspecified atom stereocenters. The second-order valence-electron chi connectivity index (χ2n) is 9.63. The summed E-state index contributed by atoms with van der Waals surface area (Å²) in [6.45, 7) is 9.19. The first-order valence-corrected chi connectivity index (χ1v) is 12.2. The molecule has 2 saturated heterocycles. The molecule has 0 bridgehead atoms. The number of carbonyl (C=O) groups excluding carboxylic acids is 1. The van der Waals surface area contributed by atoms with E-state index in [-0.39, 0.29) is 5.91 Å². The van der Waals surface area contributed by atoms with Gasteiger partial charge in [-0.2, -0.15) is 0 Å². The highest BCUT2D eigenvalue weighted by Crippen LogP contribution is 2.40. The Kier molecular flexibility index (Phi) is 6.00. The van der Waals surface area contributed by atoms with E-state index < -0.39 is 0 Å². The lowest BCUT2D eigenvalue weighted by molar-refractivity contribution is 0.0615. The maximum Gasteiger partial charge on any atom is 0.253 e. The number of fused-ring (bicyclic) bond motifs is 1. The number of hydrogen-bond donors (Lipinski definition) is 0. The molecule has 0 N–H and O–H groups in total. The van der Waals surface area contributed by atoms with Gasteiger partial charge in [0.1, 0.15) is 0 Å². The molecular formula is C27H32ClN3O. The highest BCUT2D eigenvalue weighted by atomic mass is 35.5. The van der Waals surface area contributed by atoms with E-state index in [4.69, 9.17) is 11.6 Å². The molecule has 2 fully saturated rings. The van der Waals surface area contributed by atoms with E-state index in [1.807, 2.05) is 36.4 Å². The third kappa shape index (κ3) is 4.06. The van der Waals surface area contributed by atoms with Crippen LogP contribution in [0.5, 0.6) is 0 Å². The molecule has 1 amide bonds. The number of halogens is 1. The molecule has 0 aromatic heterocycles. The van der Waals surface area contributed by atoms with Crippen molar-refractivity contribution < 1.29 is 4.79 Å². The molecule has 5 rings (SSSR count). The molecule has 3 heterocycles. The number of piperidine rings is 2. The van der Waals surface area contributed by atoms with Gasteiger partial charge in [-0.1, -0.05) is 36.4 Å². The number of rotatable bonds is 3. The third-order valence-electron chi connectivity index (χ3n) is 7.70. The fourth-order valence-corrected chi connectivity index (χ4v) is 6.04. The summed E-state index contributed by atoms with van der Waals surface area (Å²) in [6, 6.07) is 14.0. The minimum Gasteiger partial charge on any atom is -0.339 e. The number of hydrogen-bond acceptors (Lipinski definition) is 3. The van der Waals surface area contributed by atoms with E-state index in [0.717, 1.165) is 71.8 Å². The minimum atomic E-state index is 0.147. The zero-order valence-corrected chi connectivity index (χ0v) is 19.7. The molecule has 2 aromatic carbocycles. The SMILES string of the molecule is C=C1c2c(Cl)cccc2CN1c1cccc(C(=O)N2CCC(C3CCN(C)CC3)CC2)c1. The van der Waals surface area contributed by atoms with Gasteiger partial charge >= 0.3 is 0 Å². The van der Waals surface area contributed by atoms with Crippen molar-refractivity contribution in [1.29, 1.82) is 0 Å². The Morgan fingerprint density at radius 2 is 1.62 bits per heavy atom. The lowest BCUT2D eigenvalue weighted by Gasteiger charge is -2.39. The van der Waals surface area contributed by atoms with Crippen molar-refractivity contribution in [3.8, 4) is 0 Å². The maximum absolute atomic E-state index is 13.3. The van der Waals surface area contributed by atoms with Crippen LogP contribution in [-0.2, 0) is 6.54 Å². The molecular weight excluding hydrogens is 418 g/mol. The highest BCUT2D eigenvalue weighted by molar-refractivity contribution is 6.32. The van der Waals surface area contributed by atoms with Gasteiger partial charge in [0.25, 0.3) is 5.91 Å². The first-order chi connectivity index (χ1) is 15.5.